The molecule has 0 unspecified atom stereocenters. The number of sulfonamides is 1. The van der Waals surface area contributed by atoms with Gasteiger partial charge < -0.3 is 9.88 Å². The van der Waals surface area contributed by atoms with Crippen LogP contribution in [-0.4, -0.2) is 58.8 Å². The minimum absolute atomic E-state index is 0.393. The number of nitrogens with zero attached hydrogens (tertiary/aromatic N) is 5. The number of anilines is 1. The summed E-state index contributed by atoms with van der Waals surface area (Å²) < 4.78 is 27.0. The first-order valence-corrected chi connectivity index (χ1v) is 9.41. The van der Waals surface area contributed by atoms with Crippen LogP contribution in [0.15, 0.2) is 34.4 Å². The van der Waals surface area contributed by atoms with Gasteiger partial charge in [-0.05, 0) is 11.4 Å². The third-order valence-corrected chi connectivity index (χ3v) is 7.10. The Kier molecular flexibility index (Phi) is 3.51. The van der Waals surface area contributed by atoms with Crippen LogP contribution in [0.5, 0.6) is 0 Å². The first-order valence-electron chi connectivity index (χ1n) is 7.09. The summed E-state index contributed by atoms with van der Waals surface area (Å²) in [5.74, 6) is 0.765. The third-order valence-electron chi connectivity index (χ3n) is 3.83. The molecule has 4 heterocycles. The number of fused-ring (bicyclic) bond motifs is 1. The van der Waals surface area contributed by atoms with Crippen LogP contribution in [0, 0.1) is 0 Å². The summed E-state index contributed by atoms with van der Waals surface area (Å²) in [6, 6.07) is 3.40. The maximum Gasteiger partial charge on any atom is 0.252 e. The van der Waals surface area contributed by atoms with Crippen molar-refractivity contribution in [2.75, 3.05) is 31.1 Å². The van der Waals surface area contributed by atoms with Crippen molar-refractivity contribution in [3.8, 4) is 0 Å². The van der Waals surface area contributed by atoms with E-state index in [-0.39, 0.29) is 0 Å². The van der Waals surface area contributed by atoms with Crippen molar-refractivity contribution < 1.29 is 8.42 Å². The van der Waals surface area contributed by atoms with Crippen LogP contribution in [-0.2, 0) is 10.0 Å². The quantitative estimate of drug-likeness (QED) is 0.755. The van der Waals surface area contributed by atoms with E-state index in [1.807, 2.05) is 0 Å². The van der Waals surface area contributed by atoms with Gasteiger partial charge in [0.05, 0.1) is 6.33 Å². The largest absolute Gasteiger partial charge is 0.352 e. The molecule has 0 radical (unpaired) electrons. The van der Waals surface area contributed by atoms with Crippen LogP contribution in [0.3, 0.4) is 0 Å². The zero-order valence-electron chi connectivity index (χ0n) is 12.1. The second-order valence-electron chi connectivity index (χ2n) is 5.12. The lowest BCUT2D eigenvalue weighted by Gasteiger charge is -2.34. The van der Waals surface area contributed by atoms with Crippen molar-refractivity contribution >= 4 is 38.3 Å². The smallest absolute Gasteiger partial charge is 0.252 e. The van der Waals surface area contributed by atoms with E-state index in [1.165, 1.54) is 22.0 Å². The van der Waals surface area contributed by atoms with E-state index in [2.05, 4.69) is 24.8 Å². The molecular formula is C13H14N6O2S2. The van der Waals surface area contributed by atoms with Crippen molar-refractivity contribution in [1.82, 2.24) is 24.2 Å². The first kappa shape index (κ1) is 14.5. The van der Waals surface area contributed by atoms with Crippen LogP contribution < -0.4 is 4.90 Å². The molecule has 0 amide bonds. The fourth-order valence-corrected chi connectivity index (χ4v) is 5.24. The summed E-state index contributed by atoms with van der Waals surface area (Å²) in [4.78, 5) is 17.6. The Balaban J connectivity index is 1.55. The Labute approximate surface area is 136 Å². The van der Waals surface area contributed by atoms with E-state index in [0.29, 0.717) is 36.0 Å². The second kappa shape index (κ2) is 5.55. The Hall–Kier alpha value is -2.04. The van der Waals surface area contributed by atoms with E-state index < -0.39 is 10.0 Å². The molecule has 0 atom stereocenters. The fourth-order valence-electron chi connectivity index (χ4n) is 2.67. The Morgan fingerprint density at radius 2 is 1.96 bits per heavy atom. The van der Waals surface area contributed by atoms with Gasteiger partial charge in [-0.25, -0.2) is 23.4 Å². The molecule has 3 aromatic heterocycles. The molecule has 23 heavy (non-hydrogen) atoms. The highest BCUT2D eigenvalue weighted by molar-refractivity contribution is 7.91. The van der Waals surface area contributed by atoms with E-state index in [9.17, 15) is 8.42 Å². The number of hydrogen-bond acceptors (Lipinski definition) is 7. The molecule has 1 aliphatic rings. The van der Waals surface area contributed by atoms with E-state index in [0.717, 1.165) is 11.3 Å². The van der Waals surface area contributed by atoms with E-state index >= 15 is 0 Å². The molecule has 120 valence electrons. The standard InChI is InChI=1S/C13H14N6O2S2/c20-23(21,10-2-1-7-22-10)19-5-3-18(4-6-19)13-11-12(15-8-14-11)16-9-17-13/h1-2,7-9H,3-6H2,(H,14,15,16,17). The average Bonchev–Trinajstić information content (AvgIpc) is 3.26. The predicted molar refractivity (Wildman–Crippen MR) is 87.0 cm³/mol. The van der Waals surface area contributed by atoms with Crippen molar-refractivity contribution in [3.05, 3.63) is 30.2 Å². The van der Waals surface area contributed by atoms with Crippen LogP contribution in [0.4, 0.5) is 5.82 Å². The monoisotopic (exact) mass is 350 g/mol. The molecule has 4 rings (SSSR count). The lowest BCUT2D eigenvalue weighted by atomic mass is 10.3. The van der Waals surface area contributed by atoms with Crippen LogP contribution in [0.25, 0.3) is 11.2 Å². The maximum absolute atomic E-state index is 12.5. The molecule has 1 saturated heterocycles. The van der Waals surface area contributed by atoms with Gasteiger partial charge in [0, 0.05) is 26.2 Å². The Bertz CT molecular complexity index is 913. The number of nitrogens with one attached hydrogen (secondary N) is 1. The van der Waals surface area contributed by atoms with Crippen LogP contribution >= 0.6 is 11.3 Å². The molecule has 0 spiro atoms. The lowest BCUT2D eigenvalue weighted by Crippen LogP contribution is -2.48. The van der Waals surface area contributed by atoms with Gasteiger partial charge in [0.25, 0.3) is 10.0 Å². The SMILES string of the molecule is O=S(=O)(c1cccs1)N1CCN(c2ncnc3nc[nH]c23)CC1. The number of aromatic amines is 1. The van der Waals surface area contributed by atoms with Gasteiger partial charge in [0.15, 0.2) is 11.5 Å². The molecule has 0 saturated carbocycles. The highest BCUT2D eigenvalue weighted by atomic mass is 32.2. The zero-order valence-corrected chi connectivity index (χ0v) is 13.7. The normalized spacial score (nSPS) is 17.0. The molecule has 1 N–H and O–H groups in total. The van der Waals surface area contributed by atoms with Gasteiger partial charge in [-0.15, -0.1) is 11.3 Å². The fraction of sp³-hybridized carbons (Fsp3) is 0.308. The van der Waals surface area contributed by atoms with Crippen molar-refractivity contribution in [2.24, 2.45) is 0 Å². The van der Waals surface area contributed by atoms with Crippen molar-refractivity contribution in [1.29, 1.82) is 0 Å². The predicted octanol–water partition coefficient (Wildman–Crippen LogP) is 0.925. The molecule has 0 aliphatic carbocycles. The van der Waals surface area contributed by atoms with Gasteiger partial charge in [-0.3, -0.25) is 0 Å². The minimum Gasteiger partial charge on any atom is -0.352 e. The number of aromatic nitrogens is 4. The first-order chi connectivity index (χ1) is 11.2. The number of piperazine rings is 1. The second-order valence-corrected chi connectivity index (χ2v) is 8.23. The topological polar surface area (TPSA) is 95.1 Å². The lowest BCUT2D eigenvalue weighted by molar-refractivity contribution is 0.385. The summed E-state index contributed by atoms with van der Waals surface area (Å²) in [6.07, 6.45) is 3.06. The highest BCUT2D eigenvalue weighted by Crippen LogP contribution is 2.25. The number of imidazole rings is 1. The molecule has 1 aliphatic heterocycles. The molecule has 10 heteroatoms. The molecule has 3 aromatic rings. The third kappa shape index (κ3) is 2.48. The summed E-state index contributed by atoms with van der Waals surface area (Å²) in [5.41, 5.74) is 1.39. The molecular weight excluding hydrogens is 336 g/mol. The maximum atomic E-state index is 12.5. The molecule has 1 fully saturated rings. The summed E-state index contributed by atoms with van der Waals surface area (Å²) in [6.45, 7) is 2.02. The van der Waals surface area contributed by atoms with Crippen molar-refractivity contribution in [2.45, 2.75) is 4.21 Å². The zero-order chi connectivity index (χ0) is 15.9. The van der Waals surface area contributed by atoms with Gasteiger partial charge >= 0.3 is 0 Å². The number of rotatable bonds is 3. The van der Waals surface area contributed by atoms with Gasteiger partial charge in [-0.1, -0.05) is 6.07 Å². The Morgan fingerprint density at radius 3 is 2.70 bits per heavy atom. The summed E-state index contributed by atoms with van der Waals surface area (Å²) in [7, 11) is -3.38. The van der Waals surface area contributed by atoms with Gasteiger partial charge in [0.2, 0.25) is 0 Å². The van der Waals surface area contributed by atoms with E-state index in [4.69, 9.17) is 0 Å². The average molecular weight is 350 g/mol. The Morgan fingerprint density at radius 1 is 1.13 bits per heavy atom. The van der Waals surface area contributed by atoms with Gasteiger partial charge in [-0.2, -0.15) is 4.31 Å². The summed E-state index contributed by atoms with van der Waals surface area (Å²) in [5, 5.41) is 1.78. The van der Waals surface area contributed by atoms with Gasteiger partial charge in [0.1, 0.15) is 16.1 Å². The van der Waals surface area contributed by atoms with Crippen molar-refractivity contribution in [3.63, 3.8) is 0 Å². The number of thiophene rings is 1. The van der Waals surface area contributed by atoms with Crippen LogP contribution in [0.1, 0.15) is 0 Å². The number of hydrogen-bond donors (Lipinski definition) is 1. The number of H-pyrrole nitrogens is 1. The molecule has 0 bridgehead atoms. The minimum atomic E-state index is -3.38. The highest BCUT2D eigenvalue weighted by Gasteiger charge is 2.30. The molecule has 0 aromatic carbocycles. The van der Waals surface area contributed by atoms with E-state index in [1.54, 1.807) is 23.8 Å². The van der Waals surface area contributed by atoms with Crippen LogP contribution in [0.2, 0.25) is 0 Å². The summed E-state index contributed by atoms with van der Waals surface area (Å²) >= 11 is 1.25. The molecule has 8 nitrogen and oxygen atoms in total.